The number of halogens is 3. The molecule has 0 saturated carbocycles. The average Bonchev–Trinajstić information content (AvgIpc) is 2.15. The lowest BCUT2D eigenvalue weighted by molar-refractivity contribution is -0.274. The largest absolute Gasteiger partial charge is 0.573 e. The van der Waals surface area contributed by atoms with E-state index in [2.05, 4.69) is 9.10 Å². The first-order valence-electron chi connectivity index (χ1n) is 3.80. The van der Waals surface area contributed by atoms with Gasteiger partial charge in [-0.3, -0.25) is 0 Å². The number of hydrogen-bond acceptors (Lipinski definition) is 4. The fourth-order valence-electron chi connectivity index (χ4n) is 0.863. The van der Waals surface area contributed by atoms with E-state index in [4.69, 9.17) is 0 Å². The van der Waals surface area contributed by atoms with Gasteiger partial charge >= 0.3 is 6.36 Å². The van der Waals surface area contributed by atoms with Gasteiger partial charge in [-0.05, 0) is 12.1 Å². The quantitative estimate of drug-likeness (QED) is 0.743. The highest BCUT2D eigenvalue weighted by atomic mass is 32.2. The van der Waals surface area contributed by atoms with Gasteiger partial charge in [0.2, 0.25) is 0 Å². The summed E-state index contributed by atoms with van der Waals surface area (Å²) < 4.78 is 53.5. The lowest BCUT2D eigenvalue weighted by Crippen LogP contribution is -2.16. The van der Waals surface area contributed by atoms with Gasteiger partial charge in [0, 0.05) is 7.05 Å². The minimum Gasteiger partial charge on any atom is -0.440 e. The predicted octanol–water partition coefficient (Wildman–Crippen LogP) is 2.72. The minimum atomic E-state index is -4.71. The first-order chi connectivity index (χ1) is 6.92. The zero-order valence-electron chi connectivity index (χ0n) is 7.62. The third-order valence-corrected chi connectivity index (χ3v) is 2.43. The Balaban J connectivity index is 2.86. The van der Waals surface area contributed by atoms with Crippen molar-refractivity contribution in [2.24, 2.45) is 4.36 Å². The molecule has 0 radical (unpaired) electrons. The molecule has 0 aliphatic rings. The number of alkyl halides is 3. The molecule has 0 bridgehead atoms. The van der Waals surface area contributed by atoms with Gasteiger partial charge in [-0.15, -0.1) is 13.2 Å². The Morgan fingerprint density at radius 2 is 1.80 bits per heavy atom. The van der Waals surface area contributed by atoms with E-state index in [1.807, 2.05) is 0 Å². The molecule has 0 amide bonds. The van der Waals surface area contributed by atoms with Crippen molar-refractivity contribution in [2.75, 3.05) is 7.05 Å². The molecular formula is C8H7F3NO2S-. The van der Waals surface area contributed by atoms with Crippen LogP contribution in [0.2, 0.25) is 0 Å². The molecule has 1 rings (SSSR count). The molecule has 0 aromatic heterocycles. The zero-order valence-corrected chi connectivity index (χ0v) is 8.43. The highest BCUT2D eigenvalue weighted by molar-refractivity contribution is 7.74. The van der Waals surface area contributed by atoms with Gasteiger partial charge < -0.3 is 13.3 Å². The molecule has 0 fully saturated rings. The molecule has 15 heavy (non-hydrogen) atoms. The van der Waals surface area contributed by atoms with Crippen LogP contribution in [0, 0.1) is 0 Å². The van der Waals surface area contributed by atoms with Crippen molar-refractivity contribution in [2.45, 2.75) is 11.3 Å². The Hall–Kier alpha value is -1.24. The van der Waals surface area contributed by atoms with Crippen molar-refractivity contribution < 1.29 is 22.1 Å². The molecular weight excluding hydrogens is 231 g/mol. The third-order valence-electron chi connectivity index (χ3n) is 1.42. The third kappa shape index (κ3) is 3.78. The van der Waals surface area contributed by atoms with Crippen LogP contribution < -0.4 is 4.74 Å². The standard InChI is InChI=1S/C8H7F3NO2S/c1-12-15(13)7-4-2-6(3-5-7)14-8(9,10)11/h2-5H,1H3/q-1. The van der Waals surface area contributed by atoms with Crippen LogP contribution in [-0.4, -0.2) is 13.4 Å². The minimum absolute atomic E-state index is 0.326. The van der Waals surface area contributed by atoms with Crippen LogP contribution in [0.5, 0.6) is 5.75 Å². The predicted molar refractivity (Wildman–Crippen MR) is 47.8 cm³/mol. The number of benzene rings is 1. The second-order valence-electron chi connectivity index (χ2n) is 2.45. The summed E-state index contributed by atoms with van der Waals surface area (Å²) in [6.45, 7) is 0. The van der Waals surface area contributed by atoms with Crippen LogP contribution in [-0.2, 0) is 14.8 Å². The fraction of sp³-hybridized carbons (Fsp3) is 0.250. The maximum atomic E-state index is 11.8. The van der Waals surface area contributed by atoms with Gasteiger partial charge in [0.25, 0.3) is 0 Å². The van der Waals surface area contributed by atoms with E-state index in [0.717, 1.165) is 12.1 Å². The van der Waals surface area contributed by atoms with Crippen LogP contribution in [0.3, 0.4) is 0 Å². The SMILES string of the molecule is CN=[S-](=O)c1ccc(OC(F)(F)F)cc1. The number of hydrogen-bond donors (Lipinski definition) is 0. The molecule has 1 aromatic rings. The van der Waals surface area contributed by atoms with Crippen LogP contribution in [0.4, 0.5) is 13.2 Å². The molecule has 0 saturated heterocycles. The lowest BCUT2D eigenvalue weighted by Gasteiger charge is -2.10. The van der Waals surface area contributed by atoms with E-state index in [0.29, 0.717) is 4.90 Å². The molecule has 0 heterocycles. The zero-order chi connectivity index (χ0) is 11.5. The average molecular weight is 238 g/mol. The van der Waals surface area contributed by atoms with Crippen LogP contribution in [0.15, 0.2) is 33.5 Å². The Morgan fingerprint density at radius 1 is 1.27 bits per heavy atom. The summed E-state index contributed by atoms with van der Waals surface area (Å²) in [4.78, 5) is 0.326. The van der Waals surface area contributed by atoms with E-state index in [9.17, 15) is 17.4 Å². The Morgan fingerprint density at radius 3 is 2.20 bits per heavy atom. The number of ether oxygens (including phenoxy) is 1. The van der Waals surface area contributed by atoms with Gasteiger partial charge in [-0.1, -0.05) is 17.0 Å². The summed E-state index contributed by atoms with van der Waals surface area (Å²) in [5.74, 6) is -0.348. The number of nitrogens with zero attached hydrogens (tertiary/aromatic N) is 1. The van der Waals surface area contributed by atoms with Crippen LogP contribution >= 0.6 is 0 Å². The molecule has 0 N–H and O–H groups in total. The normalized spacial score (nSPS) is 13.9. The molecule has 84 valence electrons. The van der Waals surface area contributed by atoms with Crippen molar-refractivity contribution in [1.29, 1.82) is 0 Å². The van der Waals surface area contributed by atoms with E-state index in [-0.39, 0.29) is 5.75 Å². The van der Waals surface area contributed by atoms with Crippen LogP contribution in [0.1, 0.15) is 0 Å². The van der Waals surface area contributed by atoms with Crippen molar-refractivity contribution in [3.8, 4) is 5.75 Å². The van der Waals surface area contributed by atoms with Gasteiger partial charge in [0.15, 0.2) is 0 Å². The maximum Gasteiger partial charge on any atom is 0.573 e. The van der Waals surface area contributed by atoms with Crippen molar-refractivity contribution in [1.82, 2.24) is 0 Å². The molecule has 1 aromatic carbocycles. The first-order valence-corrected chi connectivity index (χ1v) is 4.90. The molecule has 3 nitrogen and oxygen atoms in total. The number of rotatable bonds is 2. The Kier molecular flexibility index (Phi) is 3.57. The maximum absolute atomic E-state index is 11.8. The molecule has 7 heteroatoms. The first kappa shape index (κ1) is 11.8. The van der Waals surface area contributed by atoms with E-state index in [1.165, 1.54) is 19.2 Å². The van der Waals surface area contributed by atoms with E-state index < -0.39 is 17.0 Å². The van der Waals surface area contributed by atoms with E-state index in [1.54, 1.807) is 0 Å². The second-order valence-corrected chi connectivity index (χ2v) is 3.79. The van der Waals surface area contributed by atoms with Crippen molar-refractivity contribution in [3.05, 3.63) is 24.3 Å². The topological polar surface area (TPSA) is 38.7 Å². The summed E-state index contributed by atoms with van der Waals surface area (Å²) in [5, 5.41) is 0. The summed E-state index contributed by atoms with van der Waals surface area (Å²) in [5.41, 5.74) is 0. The molecule has 0 aliphatic heterocycles. The van der Waals surface area contributed by atoms with Gasteiger partial charge in [-0.25, -0.2) is 0 Å². The summed E-state index contributed by atoms with van der Waals surface area (Å²) >= 11 is 0. The van der Waals surface area contributed by atoms with Crippen molar-refractivity contribution in [3.63, 3.8) is 0 Å². The van der Waals surface area contributed by atoms with Gasteiger partial charge in [0.05, 0.1) is 0 Å². The fourth-order valence-corrected chi connectivity index (χ4v) is 1.44. The Bertz CT molecular complexity index is 407. The summed E-state index contributed by atoms with van der Waals surface area (Å²) in [7, 11) is -0.176. The lowest BCUT2D eigenvalue weighted by atomic mass is 10.3. The Labute approximate surface area is 86.1 Å². The molecule has 0 unspecified atom stereocenters. The van der Waals surface area contributed by atoms with Crippen LogP contribution in [0.25, 0.3) is 0 Å². The highest BCUT2D eigenvalue weighted by Gasteiger charge is 2.30. The van der Waals surface area contributed by atoms with E-state index >= 15 is 0 Å². The highest BCUT2D eigenvalue weighted by Crippen LogP contribution is 2.22. The molecule has 0 spiro atoms. The summed E-state index contributed by atoms with van der Waals surface area (Å²) in [6, 6.07) is 4.71. The van der Waals surface area contributed by atoms with Gasteiger partial charge in [-0.2, -0.15) is 10.6 Å². The monoisotopic (exact) mass is 238 g/mol. The van der Waals surface area contributed by atoms with Gasteiger partial charge in [0.1, 0.15) is 5.75 Å². The second kappa shape index (κ2) is 4.52. The summed E-state index contributed by atoms with van der Waals surface area (Å²) in [6.07, 6.45) is -4.71. The van der Waals surface area contributed by atoms with Crippen molar-refractivity contribution >= 4 is 10.6 Å². The molecule has 0 atom stereocenters. The molecule has 0 aliphatic carbocycles. The smallest absolute Gasteiger partial charge is 0.440 e.